The van der Waals surface area contributed by atoms with E-state index >= 15 is 0 Å². The molecule has 2 aromatic carbocycles. The van der Waals surface area contributed by atoms with Gasteiger partial charge in [0.05, 0.1) is 0 Å². The number of carboxylic acid groups (broad SMARTS) is 1. The molecular weight excluding hydrogens is 746 g/mol. The Morgan fingerprint density at radius 2 is 1.37 bits per heavy atom. The monoisotopic (exact) mass is 797 g/mol. The maximum Gasteiger partial charge on any atom is 0.407 e. The predicted molar refractivity (Wildman–Crippen MR) is 200 cm³/mol. The van der Waals surface area contributed by atoms with Crippen molar-refractivity contribution in [2.45, 2.75) is 109 Å². The van der Waals surface area contributed by atoms with Crippen molar-refractivity contribution in [1.82, 2.24) is 16.0 Å². The number of carbonyl (C=O) groups is 7. The summed E-state index contributed by atoms with van der Waals surface area (Å²) in [5.74, 6) is -4.38. The normalized spacial score (nSPS) is 20.2. The third-order valence-corrected chi connectivity index (χ3v) is 9.32. The van der Waals surface area contributed by atoms with Crippen molar-refractivity contribution in [3.8, 4) is 11.1 Å². The average molecular weight is 798 g/mol. The second-order valence-corrected chi connectivity index (χ2v) is 13.8. The van der Waals surface area contributed by atoms with E-state index in [2.05, 4.69) is 16.0 Å². The van der Waals surface area contributed by atoms with Gasteiger partial charge in [0.15, 0.2) is 18.5 Å². The highest BCUT2D eigenvalue weighted by molar-refractivity contribution is 5.86. The van der Waals surface area contributed by atoms with Gasteiger partial charge in [-0.15, -0.1) is 0 Å². The molecule has 6 atom stereocenters. The van der Waals surface area contributed by atoms with Crippen LogP contribution in [0.25, 0.3) is 11.1 Å². The molecule has 0 aromatic heterocycles. The van der Waals surface area contributed by atoms with Crippen LogP contribution in [-0.2, 0) is 57.2 Å². The highest BCUT2D eigenvalue weighted by Gasteiger charge is 2.51. The number of fused-ring (bicyclic) bond motifs is 3. The van der Waals surface area contributed by atoms with Gasteiger partial charge in [-0.25, -0.2) is 4.79 Å². The Labute approximate surface area is 330 Å². The zero-order valence-electron chi connectivity index (χ0n) is 32.5. The van der Waals surface area contributed by atoms with Crippen molar-refractivity contribution in [2.24, 2.45) is 0 Å². The highest BCUT2D eigenvalue weighted by atomic mass is 16.7. The van der Waals surface area contributed by atoms with E-state index in [1.54, 1.807) is 0 Å². The van der Waals surface area contributed by atoms with E-state index in [1.807, 2.05) is 48.5 Å². The average Bonchev–Trinajstić information content (AvgIpc) is 3.47. The topological polar surface area (TPSA) is 231 Å². The molecule has 1 aliphatic carbocycles. The smallest absolute Gasteiger partial charge is 0.407 e. The first kappa shape index (κ1) is 44.2. The van der Waals surface area contributed by atoms with E-state index in [0.29, 0.717) is 25.7 Å². The first-order valence-electron chi connectivity index (χ1n) is 18.9. The largest absolute Gasteiger partial charge is 0.481 e. The third kappa shape index (κ3) is 13.3. The quantitative estimate of drug-likeness (QED) is 0.0858. The predicted octanol–water partition coefficient (Wildman–Crippen LogP) is 3.11. The number of alkyl carbamates (subject to hydrolysis) is 1. The van der Waals surface area contributed by atoms with Crippen molar-refractivity contribution >= 4 is 41.8 Å². The molecule has 2 aliphatic rings. The minimum absolute atomic E-state index is 0.0358. The van der Waals surface area contributed by atoms with Crippen LogP contribution in [-0.4, -0.2) is 110 Å². The van der Waals surface area contributed by atoms with E-state index < -0.39 is 78.5 Å². The van der Waals surface area contributed by atoms with E-state index in [1.165, 1.54) is 13.8 Å². The van der Waals surface area contributed by atoms with Crippen LogP contribution in [0, 0.1) is 0 Å². The zero-order chi connectivity index (χ0) is 41.5. The summed E-state index contributed by atoms with van der Waals surface area (Å²) in [5.41, 5.74) is 4.20. The lowest BCUT2D eigenvalue weighted by molar-refractivity contribution is -0.277. The molecule has 17 nitrogen and oxygen atoms in total. The molecular formula is C40H51N3O14. The molecule has 0 radical (unpaired) electrons. The summed E-state index contributed by atoms with van der Waals surface area (Å²) in [5, 5.41) is 17.2. The first-order valence-corrected chi connectivity index (χ1v) is 18.9. The number of aliphatic carboxylic acids is 1. The van der Waals surface area contributed by atoms with Crippen LogP contribution in [0.2, 0.25) is 0 Å². The SMILES string of the molecule is CC(=O)N[C@H]1[C@H](OCCCCCCNC(=O)C(CCC(=O)O)NC(=O)OCC2c3ccccc3-c3ccccc32)O[C@H](COC(C)=O)[C@H](OC(C)=O)[C@@H]1OC(C)=O. The number of hydrogen-bond acceptors (Lipinski definition) is 13. The van der Waals surface area contributed by atoms with Crippen LogP contribution in [0.15, 0.2) is 48.5 Å². The number of ether oxygens (including phenoxy) is 6. The van der Waals surface area contributed by atoms with Crippen molar-refractivity contribution in [3.63, 3.8) is 0 Å². The maximum absolute atomic E-state index is 13.1. The van der Waals surface area contributed by atoms with Crippen molar-refractivity contribution < 1.29 is 67.1 Å². The van der Waals surface area contributed by atoms with Crippen LogP contribution in [0.3, 0.4) is 0 Å². The number of nitrogens with one attached hydrogen (secondary N) is 3. The fourth-order valence-electron chi connectivity index (χ4n) is 6.87. The second kappa shape index (κ2) is 21.7. The van der Waals surface area contributed by atoms with Crippen molar-refractivity contribution in [3.05, 3.63) is 59.7 Å². The van der Waals surface area contributed by atoms with Crippen LogP contribution in [0.1, 0.15) is 83.3 Å². The van der Waals surface area contributed by atoms with Gasteiger partial charge in [-0.2, -0.15) is 0 Å². The molecule has 4 N–H and O–H groups in total. The number of amides is 3. The molecule has 0 bridgehead atoms. The number of hydrogen-bond donors (Lipinski definition) is 4. The Morgan fingerprint density at radius 3 is 1.96 bits per heavy atom. The molecule has 0 spiro atoms. The van der Waals surface area contributed by atoms with Crippen LogP contribution in [0.4, 0.5) is 4.79 Å². The minimum atomic E-state index is -1.23. The molecule has 1 aliphatic heterocycles. The molecule has 4 rings (SSSR count). The molecule has 17 heteroatoms. The lowest BCUT2D eigenvalue weighted by Crippen LogP contribution is -2.66. The maximum atomic E-state index is 13.1. The number of esters is 3. The molecule has 310 valence electrons. The van der Waals surface area contributed by atoms with Gasteiger partial charge >= 0.3 is 30.0 Å². The Kier molecular flexibility index (Phi) is 16.8. The number of rotatable bonds is 20. The van der Waals surface area contributed by atoms with E-state index in [9.17, 15) is 38.7 Å². The molecule has 3 amide bonds. The Bertz CT molecular complexity index is 1710. The molecule has 1 heterocycles. The van der Waals surface area contributed by atoms with Gasteiger partial charge in [0.2, 0.25) is 11.8 Å². The summed E-state index contributed by atoms with van der Waals surface area (Å²) in [6, 6.07) is 13.6. The number of unbranched alkanes of at least 4 members (excludes halogenated alkanes) is 3. The van der Waals surface area contributed by atoms with Gasteiger partial charge in [0, 0.05) is 53.2 Å². The summed E-state index contributed by atoms with van der Waals surface area (Å²) in [6.07, 6.45) is -3.63. The number of carboxylic acids is 1. The molecule has 1 saturated heterocycles. The number of benzene rings is 2. The van der Waals surface area contributed by atoms with E-state index in [0.717, 1.165) is 36.1 Å². The van der Waals surface area contributed by atoms with Gasteiger partial charge in [-0.1, -0.05) is 61.4 Å². The summed E-state index contributed by atoms with van der Waals surface area (Å²) in [4.78, 5) is 84.9. The van der Waals surface area contributed by atoms with Crippen molar-refractivity contribution in [1.29, 1.82) is 0 Å². The summed E-state index contributed by atoms with van der Waals surface area (Å²) < 4.78 is 33.5. The fourth-order valence-corrected chi connectivity index (χ4v) is 6.87. The Hall–Kier alpha value is -5.55. The lowest BCUT2D eigenvalue weighted by Gasteiger charge is -2.44. The highest BCUT2D eigenvalue weighted by Crippen LogP contribution is 2.44. The standard InChI is InChI=1S/C40H51N3O14/c1-23(44)42-35-37(56-26(4)47)36(55-25(3)46)33(22-53-24(2)45)57-39(35)52-20-12-6-5-11-19-41-38(50)32(17-18-34(48)49)43-40(51)54-21-31-29-15-9-7-13-27(29)28-14-8-10-16-30(28)31/h7-10,13-16,31-33,35-37,39H,5-6,11-12,17-22H2,1-4H3,(H,41,50)(H,42,44)(H,43,51)(H,48,49)/t32?,33-,35-,36+,37-,39-/m1/s1. The minimum Gasteiger partial charge on any atom is -0.481 e. The lowest BCUT2D eigenvalue weighted by atomic mass is 9.96. The van der Waals surface area contributed by atoms with Gasteiger partial charge in [0.25, 0.3) is 0 Å². The third-order valence-electron chi connectivity index (χ3n) is 9.32. The second-order valence-electron chi connectivity index (χ2n) is 13.8. The van der Waals surface area contributed by atoms with E-state index in [4.69, 9.17) is 28.4 Å². The van der Waals surface area contributed by atoms with Crippen molar-refractivity contribution in [2.75, 3.05) is 26.4 Å². The fraction of sp³-hybridized carbons (Fsp3) is 0.525. The Balaban J connectivity index is 1.24. The Morgan fingerprint density at radius 1 is 0.754 bits per heavy atom. The number of carbonyl (C=O) groups excluding carboxylic acids is 6. The summed E-state index contributed by atoms with van der Waals surface area (Å²) in [7, 11) is 0. The van der Waals surface area contributed by atoms with Gasteiger partial charge in [0.1, 0.15) is 31.4 Å². The van der Waals surface area contributed by atoms with Crippen LogP contribution in [0.5, 0.6) is 0 Å². The van der Waals surface area contributed by atoms with E-state index in [-0.39, 0.29) is 45.1 Å². The van der Waals surface area contributed by atoms with Crippen LogP contribution >= 0.6 is 0 Å². The first-order chi connectivity index (χ1) is 27.2. The van der Waals surface area contributed by atoms with Crippen LogP contribution < -0.4 is 16.0 Å². The summed E-state index contributed by atoms with van der Waals surface area (Å²) in [6.45, 7) is 4.83. The van der Waals surface area contributed by atoms with Gasteiger partial charge in [-0.3, -0.25) is 28.8 Å². The van der Waals surface area contributed by atoms with Gasteiger partial charge in [-0.05, 0) is 41.5 Å². The summed E-state index contributed by atoms with van der Waals surface area (Å²) >= 11 is 0. The zero-order valence-corrected chi connectivity index (χ0v) is 32.5. The van der Waals surface area contributed by atoms with Gasteiger partial charge < -0.3 is 49.5 Å². The molecule has 0 saturated carbocycles. The molecule has 1 fully saturated rings. The molecule has 2 aromatic rings. The molecule has 1 unspecified atom stereocenters. The molecule has 57 heavy (non-hydrogen) atoms.